The van der Waals surface area contributed by atoms with Gasteiger partial charge in [-0.2, -0.15) is 0 Å². The molecule has 0 heterocycles. The summed E-state index contributed by atoms with van der Waals surface area (Å²) in [6, 6.07) is 6.05. The van der Waals surface area contributed by atoms with E-state index in [1.807, 2.05) is 0 Å². The molecule has 0 aliphatic heterocycles. The van der Waals surface area contributed by atoms with Crippen LogP contribution in [0.2, 0.25) is 0 Å². The van der Waals surface area contributed by atoms with E-state index in [9.17, 15) is 9.90 Å². The van der Waals surface area contributed by atoms with E-state index in [1.165, 1.54) is 12.1 Å². The normalized spacial score (nSPS) is 12.5. The Morgan fingerprint density at radius 1 is 1.38 bits per heavy atom. The molecule has 0 aliphatic carbocycles. The minimum Gasteiger partial charge on any atom is -0.508 e. The summed E-state index contributed by atoms with van der Waals surface area (Å²) < 4.78 is 0. The second-order valence-corrected chi connectivity index (χ2v) is 3.20. The topological polar surface area (TPSA) is 57.5 Å². The maximum atomic E-state index is 10.5. The van der Waals surface area contributed by atoms with Gasteiger partial charge in [-0.15, -0.1) is 12.6 Å². The van der Waals surface area contributed by atoms with Gasteiger partial charge in [0.15, 0.2) is 5.12 Å². The van der Waals surface area contributed by atoms with Crippen LogP contribution in [0.3, 0.4) is 0 Å². The highest BCUT2D eigenvalue weighted by Gasteiger charge is 2.09. The first-order valence-corrected chi connectivity index (χ1v) is 4.23. The van der Waals surface area contributed by atoms with Crippen LogP contribution in [0.15, 0.2) is 24.3 Å². The average Bonchev–Trinajstić information content (AvgIpc) is 2.04. The van der Waals surface area contributed by atoms with Gasteiger partial charge in [0.1, 0.15) is 5.75 Å². The molecule has 1 rings (SSSR count). The van der Waals surface area contributed by atoms with Gasteiger partial charge in [-0.05, 0) is 17.7 Å². The van der Waals surface area contributed by atoms with Gasteiger partial charge in [-0.1, -0.05) is 12.1 Å². The van der Waals surface area contributed by atoms with Crippen molar-refractivity contribution in [3.05, 3.63) is 29.8 Å². The molecule has 1 aromatic carbocycles. The van der Waals surface area contributed by atoms with Crippen molar-refractivity contribution in [2.75, 3.05) is 0 Å². The van der Waals surface area contributed by atoms with Crippen molar-refractivity contribution in [2.24, 2.45) is 0 Å². The van der Waals surface area contributed by atoms with Crippen molar-refractivity contribution in [1.82, 2.24) is 0 Å². The molecular formula is C9H10O3S. The zero-order valence-corrected chi connectivity index (χ0v) is 7.74. The van der Waals surface area contributed by atoms with Crippen LogP contribution in [0.25, 0.3) is 0 Å². The first kappa shape index (κ1) is 10.1. The van der Waals surface area contributed by atoms with Gasteiger partial charge in [0.25, 0.3) is 0 Å². The molecule has 4 heteroatoms. The molecule has 0 bridgehead atoms. The molecule has 0 amide bonds. The van der Waals surface area contributed by atoms with Crippen molar-refractivity contribution in [1.29, 1.82) is 0 Å². The van der Waals surface area contributed by atoms with E-state index in [4.69, 9.17) is 5.11 Å². The number of aliphatic hydroxyl groups is 1. The van der Waals surface area contributed by atoms with Gasteiger partial charge in [0.05, 0.1) is 6.10 Å². The Labute approximate surface area is 81.4 Å². The number of benzene rings is 1. The summed E-state index contributed by atoms with van der Waals surface area (Å²) in [5.74, 6) is 0.133. The first-order chi connectivity index (χ1) is 6.09. The van der Waals surface area contributed by atoms with E-state index in [2.05, 4.69) is 12.6 Å². The van der Waals surface area contributed by atoms with E-state index in [0.29, 0.717) is 5.56 Å². The number of hydrogen-bond donors (Lipinski definition) is 3. The summed E-state index contributed by atoms with van der Waals surface area (Å²) in [7, 11) is 0. The maximum Gasteiger partial charge on any atom is 0.188 e. The van der Waals surface area contributed by atoms with Crippen LogP contribution in [0.5, 0.6) is 5.75 Å². The maximum absolute atomic E-state index is 10.5. The van der Waals surface area contributed by atoms with E-state index < -0.39 is 6.10 Å². The molecule has 0 fully saturated rings. The van der Waals surface area contributed by atoms with Crippen molar-refractivity contribution in [3.8, 4) is 5.75 Å². The third-order valence-corrected chi connectivity index (χ3v) is 1.83. The zero-order valence-electron chi connectivity index (χ0n) is 6.84. The third-order valence-electron chi connectivity index (χ3n) is 1.65. The van der Waals surface area contributed by atoms with Crippen LogP contribution >= 0.6 is 12.6 Å². The summed E-state index contributed by atoms with van der Waals surface area (Å²) >= 11 is 3.56. The number of carbonyl (C=O) groups is 1. The Bertz CT molecular complexity index is 294. The fourth-order valence-electron chi connectivity index (χ4n) is 0.980. The van der Waals surface area contributed by atoms with Gasteiger partial charge in [-0.25, -0.2) is 0 Å². The lowest BCUT2D eigenvalue weighted by atomic mass is 10.1. The second kappa shape index (κ2) is 4.30. The second-order valence-electron chi connectivity index (χ2n) is 2.71. The molecular weight excluding hydrogens is 188 g/mol. The molecule has 3 nitrogen and oxygen atoms in total. The van der Waals surface area contributed by atoms with E-state index >= 15 is 0 Å². The standard InChI is InChI=1S/C9H10O3S/c10-7-3-1-6(2-4-7)8(11)5-9(12)13/h1-4,8,10-11H,5H2,(H,12,13). The molecule has 0 aliphatic rings. The number of carbonyl (C=O) groups excluding carboxylic acids is 1. The number of phenols is 1. The van der Waals surface area contributed by atoms with E-state index in [1.54, 1.807) is 12.1 Å². The minimum atomic E-state index is -0.842. The molecule has 70 valence electrons. The number of thiol groups is 1. The highest BCUT2D eigenvalue weighted by molar-refractivity contribution is 7.96. The predicted octanol–water partition coefficient (Wildman–Crippen LogP) is 1.27. The summed E-state index contributed by atoms with van der Waals surface area (Å²) in [5, 5.41) is 18.0. The molecule has 0 saturated heterocycles. The molecule has 0 radical (unpaired) electrons. The van der Waals surface area contributed by atoms with Crippen LogP contribution in [-0.4, -0.2) is 15.3 Å². The Morgan fingerprint density at radius 3 is 2.38 bits per heavy atom. The van der Waals surface area contributed by atoms with Crippen LogP contribution in [0.1, 0.15) is 18.1 Å². The smallest absolute Gasteiger partial charge is 0.188 e. The van der Waals surface area contributed by atoms with Crippen LogP contribution in [-0.2, 0) is 4.79 Å². The number of aromatic hydroxyl groups is 1. The molecule has 13 heavy (non-hydrogen) atoms. The van der Waals surface area contributed by atoms with Gasteiger partial charge in [-0.3, -0.25) is 4.79 Å². The lowest BCUT2D eigenvalue weighted by molar-refractivity contribution is -0.112. The van der Waals surface area contributed by atoms with E-state index in [0.717, 1.165) is 0 Å². The minimum absolute atomic E-state index is 0.0200. The Morgan fingerprint density at radius 2 is 1.92 bits per heavy atom. The predicted molar refractivity (Wildman–Crippen MR) is 51.7 cm³/mol. The summed E-state index contributed by atoms with van der Waals surface area (Å²) in [5.41, 5.74) is 0.597. The lowest BCUT2D eigenvalue weighted by Gasteiger charge is -2.07. The molecule has 0 aromatic heterocycles. The molecule has 0 saturated carbocycles. The Hall–Kier alpha value is -1.00. The van der Waals surface area contributed by atoms with Crippen LogP contribution in [0.4, 0.5) is 0 Å². The molecule has 0 spiro atoms. The van der Waals surface area contributed by atoms with Crippen molar-refractivity contribution in [3.63, 3.8) is 0 Å². The van der Waals surface area contributed by atoms with Gasteiger partial charge >= 0.3 is 0 Å². The molecule has 1 aromatic rings. The number of hydrogen-bond acceptors (Lipinski definition) is 3. The quantitative estimate of drug-likeness (QED) is 0.641. The third kappa shape index (κ3) is 3.08. The largest absolute Gasteiger partial charge is 0.508 e. The summed E-state index contributed by atoms with van der Waals surface area (Å²) in [4.78, 5) is 10.5. The number of aliphatic hydroxyl groups excluding tert-OH is 1. The van der Waals surface area contributed by atoms with Crippen molar-refractivity contribution >= 4 is 17.7 Å². The molecule has 1 atom stereocenters. The van der Waals surface area contributed by atoms with Crippen LogP contribution < -0.4 is 0 Å². The highest BCUT2D eigenvalue weighted by atomic mass is 32.1. The van der Waals surface area contributed by atoms with Gasteiger partial charge < -0.3 is 10.2 Å². The van der Waals surface area contributed by atoms with Gasteiger partial charge in [0.2, 0.25) is 0 Å². The van der Waals surface area contributed by atoms with Crippen molar-refractivity contribution < 1.29 is 15.0 Å². The SMILES string of the molecule is O=C(S)CC(O)c1ccc(O)cc1. The average molecular weight is 198 g/mol. The first-order valence-electron chi connectivity index (χ1n) is 3.78. The fraction of sp³-hybridized carbons (Fsp3) is 0.222. The monoisotopic (exact) mass is 198 g/mol. The zero-order chi connectivity index (χ0) is 9.84. The Balaban J connectivity index is 2.71. The van der Waals surface area contributed by atoms with E-state index in [-0.39, 0.29) is 17.3 Å². The highest BCUT2D eigenvalue weighted by Crippen LogP contribution is 2.19. The summed E-state index contributed by atoms with van der Waals surface area (Å²) in [6.07, 6.45) is -0.862. The van der Waals surface area contributed by atoms with Crippen molar-refractivity contribution in [2.45, 2.75) is 12.5 Å². The fourth-order valence-corrected chi connectivity index (χ4v) is 1.15. The van der Waals surface area contributed by atoms with Gasteiger partial charge in [0, 0.05) is 6.42 Å². The Kier molecular flexibility index (Phi) is 3.33. The lowest BCUT2D eigenvalue weighted by Crippen LogP contribution is -2.01. The van der Waals surface area contributed by atoms with Crippen LogP contribution in [0, 0.1) is 0 Å². The molecule has 2 N–H and O–H groups in total. The number of rotatable bonds is 3. The number of phenolic OH excluding ortho intramolecular Hbond substituents is 1. The molecule has 1 unspecified atom stereocenters. The summed E-state index contributed by atoms with van der Waals surface area (Å²) in [6.45, 7) is 0.